The van der Waals surface area contributed by atoms with Crippen molar-refractivity contribution in [2.45, 2.75) is 26.2 Å². The van der Waals surface area contributed by atoms with Gasteiger partial charge in [-0.1, -0.05) is 294 Å². The third-order valence-corrected chi connectivity index (χ3v) is 24.7. The minimum absolute atomic E-state index is 0.167. The van der Waals surface area contributed by atoms with Gasteiger partial charge in [-0.3, -0.25) is 0 Å². The van der Waals surface area contributed by atoms with E-state index < -0.39 is 119 Å². The molecule has 0 bridgehead atoms. The van der Waals surface area contributed by atoms with Crippen LogP contribution in [0.5, 0.6) is 0 Å². The van der Waals surface area contributed by atoms with E-state index in [9.17, 15) is 15.1 Å². The Hall–Kier alpha value is -15.4. The van der Waals surface area contributed by atoms with Crippen molar-refractivity contribution in [2.75, 3.05) is 9.80 Å². The van der Waals surface area contributed by atoms with Gasteiger partial charge in [0.05, 0.1) is 81.5 Å². The van der Waals surface area contributed by atoms with E-state index in [4.69, 9.17) is 14.3 Å². The molecule has 0 amide bonds. The molecule has 25 rings (SSSR count). The first kappa shape index (κ1) is 54.5. The standard InChI is InChI=1S/C112H74BN5O2/c1-112(2,3)76-65-101-109-102(66-76)118(111-81(58-63-106-108(111)88-37-17-25-45-104(88)120-106)74-52-48-72(49-53-74)70-28-8-5-9-29-70)100-68-78(115-95-41-21-15-35-86(95)89-67-77(56-61-98(89)115)114-93-39-19-11-31-82(93)83-32-12-20-40-94(83)114)55-59-90(100)113(109)91-64-75(79-30-10-18-38-92(79)116-96-42-22-13-33-84(96)85-34-14-23-43-97(85)116)54-60-99(91)117(101)110-80(57-62-105-107(110)87-36-16-24-44-103(87)119-105)73-50-46-71(47-51-73)69-26-6-4-7-27-69/h4-68H,1-3H3/i11D,12D,15D,19D,20D,21D,31D,32D,35D,39D,40D,41D,56D,61D,67D. The Balaban J connectivity index is 0.841. The van der Waals surface area contributed by atoms with Crippen LogP contribution in [-0.4, -0.2) is 20.4 Å². The van der Waals surface area contributed by atoms with Gasteiger partial charge in [-0.15, -0.1) is 0 Å². The minimum Gasteiger partial charge on any atom is -0.456 e. The van der Waals surface area contributed by atoms with Gasteiger partial charge in [0.2, 0.25) is 0 Å². The lowest BCUT2D eigenvalue weighted by Gasteiger charge is -2.46. The summed E-state index contributed by atoms with van der Waals surface area (Å²) in [4.78, 5) is 4.83. The van der Waals surface area contributed by atoms with Crippen molar-refractivity contribution in [2.24, 2.45) is 0 Å². The quantitative estimate of drug-likeness (QED) is 0.128. The zero-order chi connectivity index (χ0) is 92.2. The van der Waals surface area contributed by atoms with Gasteiger partial charge in [0.1, 0.15) is 22.3 Å². The molecule has 120 heavy (non-hydrogen) atoms. The largest absolute Gasteiger partial charge is 0.456 e. The van der Waals surface area contributed by atoms with E-state index in [1.807, 2.05) is 72.8 Å². The normalized spacial score (nSPS) is 14.5. The summed E-state index contributed by atoms with van der Waals surface area (Å²) in [6, 6.07) is 95.7. The first-order valence-electron chi connectivity index (χ1n) is 47.8. The summed E-state index contributed by atoms with van der Waals surface area (Å²) in [6.45, 7) is 5.96. The molecule has 562 valence electrons. The second-order valence-electron chi connectivity index (χ2n) is 32.2. The lowest BCUT2D eigenvalue weighted by atomic mass is 9.33. The molecule has 2 aliphatic rings. The summed E-state index contributed by atoms with van der Waals surface area (Å²) >= 11 is 0. The van der Waals surface area contributed by atoms with Crippen LogP contribution in [0.1, 0.15) is 46.9 Å². The second-order valence-corrected chi connectivity index (χ2v) is 32.2. The number of furan rings is 2. The molecular formula is C112H74BN5O2. The van der Waals surface area contributed by atoms with Crippen LogP contribution in [0.15, 0.2) is 403 Å². The van der Waals surface area contributed by atoms with Crippen LogP contribution in [0.4, 0.5) is 34.1 Å². The van der Waals surface area contributed by atoms with E-state index in [1.54, 1.807) is 4.57 Å². The molecule has 0 saturated heterocycles. The highest BCUT2D eigenvalue weighted by Gasteiger charge is 2.47. The zero-order valence-corrected chi connectivity index (χ0v) is 65.0. The fourth-order valence-electron chi connectivity index (χ4n) is 19.3. The Morgan fingerprint density at radius 1 is 0.275 bits per heavy atom. The van der Waals surface area contributed by atoms with E-state index >= 15 is 0 Å². The van der Waals surface area contributed by atoms with Crippen LogP contribution < -0.4 is 26.2 Å². The molecule has 23 aromatic rings. The molecule has 18 aromatic carbocycles. The SMILES string of the molecule is [2H]c1c([2H])c([2H])c2c(c1[2H])c1c([2H])c(-n3c4c([2H])c([2H])c([2H])c([2H])c4c4c([2H])c([2H])c([2H])c([2H])c43)c([2H])c([2H])c1n2-c1ccc2c(c1)N(c1c(-c3ccc(-c4ccccc4)cc3)ccc3oc4ccccc4c13)c1cc(C(C)(C)C)cc3c1B2c1cc(-c2ccccc2-n2c4ccccc4c4ccccc42)ccc1N3c1c(-c2ccc(-c3ccccc3)cc2)ccc2oc3ccccc3c12. The van der Waals surface area contributed by atoms with Gasteiger partial charge in [0.15, 0.2) is 0 Å². The van der Waals surface area contributed by atoms with Crippen LogP contribution in [0, 0.1) is 0 Å². The Kier molecular flexibility index (Phi) is 11.8. The predicted octanol–water partition coefficient (Wildman–Crippen LogP) is 28.5. The smallest absolute Gasteiger partial charge is 0.252 e. The fraction of sp³-hybridized carbons (Fsp3) is 0.0357. The number of nitrogens with zero attached hydrogens (tertiary/aromatic N) is 5. The molecule has 8 heteroatoms. The van der Waals surface area contributed by atoms with Crippen LogP contribution in [-0.2, 0) is 5.41 Å². The maximum atomic E-state index is 10.8. The van der Waals surface area contributed by atoms with Crippen LogP contribution in [0.2, 0.25) is 0 Å². The second kappa shape index (κ2) is 26.1. The first-order chi connectivity index (χ1) is 65.4. The molecule has 0 aliphatic carbocycles. The van der Waals surface area contributed by atoms with Gasteiger partial charge in [-0.05, 0) is 187 Å². The molecule has 0 spiro atoms. The highest BCUT2D eigenvalue weighted by atomic mass is 16.3. The summed E-state index contributed by atoms with van der Waals surface area (Å²) in [5.74, 6) is 0. The zero-order valence-electron chi connectivity index (χ0n) is 80.0. The van der Waals surface area contributed by atoms with Crippen LogP contribution in [0.25, 0.3) is 182 Å². The maximum absolute atomic E-state index is 10.8. The van der Waals surface area contributed by atoms with Gasteiger partial charge < -0.3 is 32.3 Å². The van der Waals surface area contributed by atoms with Gasteiger partial charge in [0.25, 0.3) is 6.71 Å². The molecule has 0 radical (unpaired) electrons. The van der Waals surface area contributed by atoms with Crippen molar-refractivity contribution >= 4 is 167 Å². The number of para-hydroxylation sites is 8. The van der Waals surface area contributed by atoms with Crippen molar-refractivity contribution < 1.29 is 29.4 Å². The molecule has 0 N–H and O–H groups in total. The number of hydrogen-bond acceptors (Lipinski definition) is 4. The number of anilines is 6. The average molecular weight is 1550 g/mol. The van der Waals surface area contributed by atoms with Crippen molar-refractivity contribution in [3.8, 4) is 72.7 Å². The van der Waals surface area contributed by atoms with Gasteiger partial charge in [-0.2, -0.15) is 0 Å². The third kappa shape index (κ3) is 10.1. The molecule has 5 aromatic heterocycles. The summed E-state index contributed by atoms with van der Waals surface area (Å²) in [7, 11) is 0. The molecular weight excluding hydrogens is 1460 g/mol. The fourth-order valence-corrected chi connectivity index (χ4v) is 19.3. The van der Waals surface area contributed by atoms with Gasteiger partial charge in [-0.25, -0.2) is 0 Å². The Labute approximate surface area is 714 Å². The molecule has 0 atom stereocenters. The summed E-state index contributed by atoms with van der Waals surface area (Å²) in [5.41, 5.74) is 21.2. The summed E-state index contributed by atoms with van der Waals surface area (Å²) in [5, 5.41) is 4.45. The van der Waals surface area contributed by atoms with E-state index in [0.29, 0.717) is 33.7 Å². The highest BCUT2D eigenvalue weighted by molar-refractivity contribution is 7.00. The highest BCUT2D eigenvalue weighted by Crippen LogP contribution is 2.56. The Bertz CT molecular complexity index is 9070. The Morgan fingerprint density at radius 2 is 0.725 bits per heavy atom. The summed E-state index contributed by atoms with van der Waals surface area (Å²) in [6.07, 6.45) is 0. The first-order valence-corrected chi connectivity index (χ1v) is 40.3. The van der Waals surface area contributed by atoms with Crippen LogP contribution in [0.3, 0.4) is 0 Å². The van der Waals surface area contributed by atoms with E-state index in [0.717, 1.165) is 154 Å². The molecule has 2 aliphatic heterocycles. The molecule has 7 nitrogen and oxygen atoms in total. The predicted molar refractivity (Wildman–Crippen MR) is 504 cm³/mol. The number of hydrogen-bond donors (Lipinski definition) is 0. The topological polar surface area (TPSA) is 47.6 Å². The molecule has 0 saturated carbocycles. The monoisotopic (exact) mass is 1550 g/mol. The van der Waals surface area contributed by atoms with Crippen molar-refractivity contribution in [3.63, 3.8) is 0 Å². The van der Waals surface area contributed by atoms with Crippen molar-refractivity contribution in [3.05, 3.63) is 400 Å². The third-order valence-electron chi connectivity index (χ3n) is 24.7. The van der Waals surface area contributed by atoms with Crippen LogP contribution >= 0.6 is 0 Å². The number of fused-ring (bicyclic) bond motifs is 19. The molecule has 0 unspecified atom stereocenters. The minimum atomic E-state index is -0.742. The molecule has 0 fully saturated rings. The van der Waals surface area contributed by atoms with Gasteiger partial charge >= 0.3 is 0 Å². The Morgan fingerprint density at radius 3 is 1.28 bits per heavy atom. The molecule has 7 heterocycles. The number of aromatic nitrogens is 3. The van der Waals surface area contributed by atoms with E-state index in [-0.39, 0.29) is 38.3 Å². The number of rotatable bonds is 10. The van der Waals surface area contributed by atoms with Gasteiger partial charge in [0, 0.05) is 93.9 Å². The van der Waals surface area contributed by atoms with E-state index in [2.05, 4.69) is 266 Å². The lowest BCUT2D eigenvalue weighted by Crippen LogP contribution is -2.61. The van der Waals surface area contributed by atoms with Crippen molar-refractivity contribution in [1.82, 2.24) is 13.7 Å². The number of benzene rings is 18. The lowest BCUT2D eigenvalue weighted by molar-refractivity contribution is 0.590. The van der Waals surface area contributed by atoms with Crippen molar-refractivity contribution in [1.29, 1.82) is 0 Å². The average Bonchev–Trinajstić information content (AvgIpc) is 1.67. The van der Waals surface area contributed by atoms with E-state index in [1.165, 1.54) is 0 Å². The maximum Gasteiger partial charge on any atom is 0.252 e. The summed E-state index contributed by atoms with van der Waals surface area (Å²) < 4.78 is 165.